The molecule has 0 amide bonds. The number of anilines is 1. The Morgan fingerprint density at radius 3 is 2.63 bits per heavy atom. The molecule has 2 aromatic rings. The van der Waals surface area contributed by atoms with Gasteiger partial charge >= 0.3 is 0 Å². The number of hydrogen-bond donors (Lipinski definition) is 1. The van der Waals surface area contributed by atoms with Crippen LogP contribution in [0, 0.1) is 13.8 Å². The van der Waals surface area contributed by atoms with E-state index in [-0.39, 0.29) is 0 Å². The number of benzene rings is 1. The van der Waals surface area contributed by atoms with Gasteiger partial charge in [-0.25, -0.2) is 9.97 Å². The molecule has 1 aromatic carbocycles. The molecule has 100 valence electrons. The fourth-order valence-electron chi connectivity index (χ4n) is 1.83. The molecule has 1 N–H and O–H groups in total. The summed E-state index contributed by atoms with van der Waals surface area (Å²) in [5.74, 6) is 1.80. The minimum absolute atomic E-state index is 0.844. The molecule has 19 heavy (non-hydrogen) atoms. The molecule has 2 rings (SSSR count). The van der Waals surface area contributed by atoms with Crippen molar-refractivity contribution >= 4 is 17.6 Å². The Bertz CT molecular complexity index is 582. The van der Waals surface area contributed by atoms with Gasteiger partial charge in [0.15, 0.2) is 0 Å². The van der Waals surface area contributed by atoms with Crippen molar-refractivity contribution in [3.63, 3.8) is 0 Å². The van der Waals surface area contributed by atoms with Crippen molar-refractivity contribution in [2.75, 3.05) is 12.4 Å². The molecule has 0 atom stereocenters. The van der Waals surface area contributed by atoms with Crippen LogP contribution in [0.25, 0.3) is 0 Å². The fourth-order valence-corrected chi connectivity index (χ4v) is 2.85. The number of aromatic nitrogens is 2. The summed E-state index contributed by atoms with van der Waals surface area (Å²) < 4.78 is 0. The lowest BCUT2D eigenvalue weighted by Gasteiger charge is -2.11. The van der Waals surface area contributed by atoms with Crippen LogP contribution in [0.1, 0.15) is 23.9 Å². The van der Waals surface area contributed by atoms with E-state index in [4.69, 9.17) is 0 Å². The van der Waals surface area contributed by atoms with E-state index in [2.05, 4.69) is 60.3 Å². The third kappa shape index (κ3) is 3.26. The Kier molecular flexibility index (Phi) is 4.43. The highest BCUT2D eigenvalue weighted by molar-refractivity contribution is 7.99. The van der Waals surface area contributed by atoms with Gasteiger partial charge in [-0.1, -0.05) is 36.4 Å². The van der Waals surface area contributed by atoms with Crippen molar-refractivity contribution in [3.05, 3.63) is 41.2 Å². The number of nitrogens with zero attached hydrogens (tertiary/aromatic N) is 2. The Balaban J connectivity index is 2.38. The summed E-state index contributed by atoms with van der Waals surface area (Å²) in [5.41, 5.74) is 2.37. The molecule has 4 heteroatoms. The van der Waals surface area contributed by atoms with Crippen LogP contribution in [0.3, 0.4) is 0 Å². The molecule has 0 spiro atoms. The van der Waals surface area contributed by atoms with E-state index in [1.54, 1.807) is 11.8 Å². The van der Waals surface area contributed by atoms with Gasteiger partial charge in [-0.05, 0) is 26.0 Å². The number of hydrogen-bond acceptors (Lipinski definition) is 4. The molecule has 0 saturated heterocycles. The second-order valence-electron chi connectivity index (χ2n) is 4.44. The molecule has 0 unspecified atom stereocenters. The van der Waals surface area contributed by atoms with Crippen LogP contribution in [0.5, 0.6) is 0 Å². The highest BCUT2D eigenvalue weighted by Gasteiger charge is 2.10. The lowest BCUT2D eigenvalue weighted by atomic mass is 10.2. The largest absolute Gasteiger partial charge is 0.373 e. The molecule has 0 aliphatic carbocycles. The molecule has 0 fully saturated rings. The Morgan fingerprint density at radius 2 is 2.00 bits per heavy atom. The Labute approximate surface area is 118 Å². The molecular formula is C15H19N3S. The van der Waals surface area contributed by atoms with Crippen molar-refractivity contribution in [1.82, 2.24) is 9.97 Å². The third-order valence-electron chi connectivity index (χ3n) is 2.90. The van der Waals surface area contributed by atoms with Gasteiger partial charge in [0.2, 0.25) is 0 Å². The van der Waals surface area contributed by atoms with E-state index in [9.17, 15) is 0 Å². The van der Waals surface area contributed by atoms with Crippen molar-refractivity contribution in [2.45, 2.75) is 37.1 Å². The number of aryl methyl sites for hydroxylation is 2. The van der Waals surface area contributed by atoms with Gasteiger partial charge in [0.05, 0.1) is 0 Å². The summed E-state index contributed by atoms with van der Waals surface area (Å²) in [5, 5.41) is 4.17. The maximum absolute atomic E-state index is 4.64. The number of rotatable bonds is 4. The van der Waals surface area contributed by atoms with Gasteiger partial charge in [0.1, 0.15) is 16.7 Å². The molecule has 3 nitrogen and oxygen atoms in total. The van der Waals surface area contributed by atoms with Crippen LogP contribution in [-0.2, 0) is 6.42 Å². The summed E-state index contributed by atoms with van der Waals surface area (Å²) in [6.07, 6.45) is 0.844. The Hall–Kier alpha value is -1.55. The second-order valence-corrected chi connectivity index (χ2v) is 5.50. The van der Waals surface area contributed by atoms with E-state index in [1.807, 2.05) is 7.05 Å². The first-order chi connectivity index (χ1) is 9.13. The smallest absolute Gasteiger partial charge is 0.133 e. The molecule has 0 aliphatic heterocycles. The second kappa shape index (κ2) is 6.06. The van der Waals surface area contributed by atoms with Crippen molar-refractivity contribution in [2.24, 2.45) is 0 Å². The topological polar surface area (TPSA) is 37.8 Å². The van der Waals surface area contributed by atoms with Gasteiger partial charge < -0.3 is 5.32 Å². The zero-order valence-electron chi connectivity index (χ0n) is 11.8. The zero-order chi connectivity index (χ0) is 13.8. The van der Waals surface area contributed by atoms with Crippen molar-refractivity contribution < 1.29 is 0 Å². The summed E-state index contributed by atoms with van der Waals surface area (Å²) in [6, 6.07) is 8.47. The van der Waals surface area contributed by atoms with Crippen LogP contribution in [0.15, 0.2) is 34.2 Å². The van der Waals surface area contributed by atoms with E-state index >= 15 is 0 Å². The molecule has 0 aliphatic rings. The summed E-state index contributed by atoms with van der Waals surface area (Å²) in [6.45, 7) is 6.24. The lowest BCUT2D eigenvalue weighted by molar-refractivity contribution is 0.874. The zero-order valence-corrected chi connectivity index (χ0v) is 12.6. The Morgan fingerprint density at radius 1 is 1.21 bits per heavy atom. The maximum Gasteiger partial charge on any atom is 0.133 e. The maximum atomic E-state index is 4.64. The molecule has 1 aromatic heterocycles. The summed E-state index contributed by atoms with van der Waals surface area (Å²) in [4.78, 5) is 10.3. The molecule has 0 radical (unpaired) electrons. The van der Waals surface area contributed by atoms with Gasteiger partial charge in [-0.2, -0.15) is 0 Å². The predicted molar refractivity (Wildman–Crippen MR) is 81.0 cm³/mol. The van der Waals surface area contributed by atoms with Crippen LogP contribution in [-0.4, -0.2) is 17.0 Å². The van der Waals surface area contributed by atoms with Crippen molar-refractivity contribution in [1.29, 1.82) is 0 Å². The van der Waals surface area contributed by atoms with Crippen LogP contribution in [0.4, 0.5) is 5.82 Å². The molecule has 1 heterocycles. The molecule has 0 saturated carbocycles. The first-order valence-electron chi connectivity index (χ1n) is 6.43. The van der Waals surface area contributed by atoms with E-state index in [1.165, 1.54) is 10.5 Å². The summed E-state index contributed by atoms with van der Waals surface area (Å²) >= 11 is 1.70. The van der Waals surface area contributed by atoms with E-state index in [0.717, 1.165) is 28.7 Å². The molecular weight excluding hydrogens is 254 g/mol. The third-order valence-corrected chi connectivity index (χ3v) is 3.99. The van der Waals surface area contributed by atoms with Gasteiger partial charge in [-0.3, -0.25) is 0 Å². The quantitative estimate of drug-likeness (QED) is 0.859. The minimum Gasteiger partial charge on any atom is -0.373 e. The monoisotopic (exact) mass is 273 g/mol. The van der Waals surface area contributed by atoms with E-state index < -0.39 is 0 Å². The SMILES string of the molecule is CCc1nc(NC)c(C)c(Sc2cccc(C)c2)n1. The van der Waals surface area contributed by atoms with Gasteiger partial charge in [0.25, 0.3) is 0 Å². The standard InChI is InChI=1S/C15H19N3S/c1-5-13-17-14(16-4)11(3)15(18-13)19-12-8-6-7-10(2)9-12/h6-9H,5H2,1-4H3,(H,16,17,18). The predicted octanol–water partition coefficient (Wildman–Crippen LogP) is 3.85. The van der Waals surface area contributed by atoms with Gasteiger partial charge in [-0.15, -0.1) is 0 Å². The minimum atomic E-state index is 0.844. The van der Waals surface area contributed by atoms with E-state index in [0.29, 0.717) is 0 Å². The molecule has 0 bridgehead atoms. The lowest BCUT2D eigenvalue weighted by Crippen LogP contribution is -2.04. The fraction of sp³-hybridized carbons (Fsp3) is 0.333. The first kappa shape index (κ1) is 13.9. The first-order valence-corrected chi connectivity index (χ1v) is 7.25. The van der Waals surface area contributed by atoms with Crippen molar-refractivity contribution in [3.8, 4) is 0 Å². The average molecular weight is 273 g/mol. The average Bonchev–Trinajstić information content (AvgIpc) is 2.41. The highest BCUT2D eigenvalue weighted by atomic mass is 32.2. The summed E-state index contributed by atoms with van der Waals surface area (Å²) in [7, 11) is 1.90. The number of nitrogens with one attached hydrogen (secondary N) is 1. The van der Waals surface area contributed by atoms with Crippen LogP contribution in [0.2, 0.25) is 0 Å². The van der Waals surface area contributed by atoms with Crippen LogP contribution < -0.4 is 5.32 Å². The van der Waals surface area contributed by atoms with Gasteiger partial charge in [0, 0.05) is 23.9 Å². The van der Waals surface area contributed by atoms with Crippen LogP contribution >= 0.6 is 11.8 Å². The normalized spacial score (nSPS) is 10.5. The highest BCUT2D eigenvalue weighted by Crippen LogP contribution is 2.31.